The van der Waals surface area contributed by atoms with Crippen LogP contribution < -0.4 is 10.1 Å². The van der Waals surface area contributed by atoms with E-state index in [0.717, 1.165) is 31.9 Å². The molecule has 106 valence electrons. The monoisotopic (exact) mass is 262 g/mol. The molecule has 19 heavy (non-hydrogen) atoms. The highest BCUT2D eigenvalue weighted by atomic mass is 16.5. The predicted molar refractivity (Wildman–Crippen MR) is 79.5 cm³/mol. The summed E-state index contributed by atoms with van der Waals surface area (Å²) in [6.45, 7) is 10.2. The predicted octanol–water partition coefficient (Wildman–Crippen LogP) is 2.52. The van der Waals surface area contributed by atoms with E-state index in [4.69, 9.17) is 4.74 Å². The van der Waals surface area contributed by atoms with Crippen LogP contribution in [0.5, 0.6) is 5.75 Å². The fourth-order valence-corrected chi connectivity index (χ4v) is 2.81. The van der Waals surface area contributed by atoms with Crippen molar-refractivity contribution in [2.24, 2.45) is 5.41 Å². The van der Waals surface area contributed by atoms with Crippen LogP contribution in [0, 0.1) is 5.41 Å². The van der Waals surface area contributed by atoms with E-state index < -0.39 is 0 Å². The third kappa shape index (κ3) is 3.95. The minimum Gasteiger partial charge on any atom is -0.497 e. The standard InChI is InChI=1S/C16H26N2O/c1-4-18(13-16(2)9-10-17-12-16)11-14-5-7-15(19-3)8-6-14/h5-8,17H,4,9-13H2,1-3H3. The summed E-state index contributed by atoms with van der Waals surface area (Å²) in [6, 6.07) is 8.41. The maximum absolute atomic E-state index is 5.20. The highest BCUT2D eigenvalue weighted by molar-refractivity contribution is 5.27. The Kier molecular flexibility index (Phi) is 4.83. The van der Waals surface area contributed by atoms with Gasteiger partial charge in [-0.1, -0.05) is 26.0 Å². The second-order valence-electron chi connectivity index (χ2n) is 5.89. The zero-order valence-corrected chi connectivity index (χ0v) is 12.4. The Balaban J connectivity index is 1.94. The quantitative estimate of drug-likeness (QED) is 0.852. The smallest absolute Gasteiger partial charge is 0.118 e. The number of hydrogen-bond acceptors (Lipinski definition) is 3. The average molecular weight is 262 g/mol. The van der Waals surface area contributed by atoms with Gasteiger partial charge in [0.2, 0.25) is 0 Å². The van der Waals surface area contributed by atoms with Crippen molar-refractivity contribution in [3.05, 3.63) is 29.8 Å². The van der Waals surface area contributed by atoms with Gasteiger partial charge in [0.1, 0.15) is 5.75 Å². The molecule has 1 aliphatic heterocycles. The lowest BCUT2D eigenvalue weighted by Gasteiger charge is -2.31. The zero-order valence-electron chi connectivity index (χ0n) is 12.4. The van der Waals surface area contributed by atoms with Gasteiger partial charge in [-0.05, 0) is 42.6 Å². The zero-order chi connectivity index (χ0) is 13.7. The van der Waals surface area contributed by atoms with Gasteiger partial charge in [-0.25, -0.2) is 0 Å². The van der Waals surface area contributed by atoms with Crippen molar-refractivity contribution >= 4 is 0 Å². The first-order valence-corrected chi connectivity index (χ1v) is 7.21. The van der Waals surface area contributed by atoms with Crippen LogP contribution in [-0.2, 0) is 6.54 Å². The molecule has 0 saturated carbocycles. The molecule has 3 heteroatoms. The van der Waals surface area contributed by atoms with Gasteiger partial charge in [0.25, 0.3) is 0 Å². The minimum atomic E-state index is 0.433. The van der Waals surface area contributed by atoms with Gasteiger partial charge in [-0.2, -0.15) is 0 Å². The Morgan fingerprint density at radius 3 is 2.58 bits per heavy atom. The summed E-state index contributed by atoms with van der Waals surface area (Å²) in [5.74, 6) is 0.929. The number of benzene rings is 1. The molecule has 2 rings (SSSR count). The van der Waals surface area contributed by atoms with Crippen LogP contribution in [0.3, 0.4) is 0 Å². The summed E-state index contributed by atoms with van der Waals surface area (Å²) in [5.41, 5.74) is 1.79. The van der Waals surface area contributed by atoms with Crippen LogP contribution in [0.2, 0.25) is 0 Å². The molecule has 1 heterocycles. The van der Waals surface area contributed by atoms with Gasteiger partial charge in [0.05, 0.1) is 7.11 Å². The van der Waals surface area contributed by atoms with Crippen molar-refractivity contribution in [2.45, 2.75) is 26.8 Å². The summed E-state index contributed by atoms with van der Waals surface area (Å²) >= 11 is 0. The molecule has 0 bridgehead atoms. The first kappa shape index (κ1) is 14.4. The van der Waals surface area contributed by atoms with E-state index in [-0.39, 0.29) is 0 Å². The van der Waals surface area contributed by atoms with E-state index in [0.29, 0.717) is 5.41 Å². The van der Waals surface area contributed by atoms with Crippen molar-refractivity contribution in [3.63, 3.8) is 0 Å². The molecule has 0 aliphatic carbocycles. The van der Waals surface area contributed by atoms with E-state index in [1.165, 1.54) is 18.5 Å². The molecule has 0 radical (unpaired) electrons. The van der Waals surface area contributed by atoms with Crippen LogP contribution in [0.25, 0.3) is 0 Å². The topological polar surface area (TPSA) is 24.5 Å². The summed E-state index contributed by atoms with van der Waals surface area (Å²) in [7, 11) is 1.71. The Morgan fingerprint density at radius 2 is 2.05 bits per heavy atom. The van der Waals surface area contributed by atoms with Crippen molar-refractivity contribution < 1.29 is 4.74 Å². The number of nitrogens with zero attached hydrogens (tertiary/aromatic N) is 1. The Labute approximate surface area is 116 Å². The van der Waals surface area contributed by atoms with Crippen LogP contribution in [0.1, 0.15) is 25.8 Å². The number of hydrogen-bond donors (Lipinski definition) is 1. The van der Waals surface area contributed by atoms with Gasteiger partial charge in [0.15, 0.2) is 0 Å². The van der Waals surface area contributed by atoms with E-state index in [2.05, 4.69) is 36.2 Å². The molecule has 0 amide bonds. The number of ether oxygens (including phenoxy) is 1. The van der Waals surface area contributed by atoms with Gasteiger partial charge in [-0.3, -0.25) is 4.90 Å². The van der Waals surface area contributed by atoms with Crippen LogP contribution in [0.4, 0.5) is 0 Å². The summed E-state index contributed by atoms with van der Waals surface area (Å²) in [6.07, 6.45) is 1.28. The van der Waals surface area contributed by atoms with Crippen molar-refractivity contribution in [3.8, 4) is 5.75 Å². The molecular weight excluding hydrogens is 236 g/mol. The van der Waals surface area contributed by atoms with E-state index in [9.17, 15) is 0 Å². The van der Waals surface area contributed by atoms with Crippen molar-refractivity contribution in [2.75, 3.05) is 33.3 Å². The molecule has 0 spiro atoms. The molecule has 1 fully saturated rings. The third-order valence-corrected chi connectivity index (χ3v) is 4.07. The Bertz CT molecular complexity index is 382. The van der Waals surface area contributed by atoms with Gasteiger partial charge in [-0.15, -0.1) is 0 Å². The first-order valence-electron chi connectivity index (χ1n) is 7.21. The number of rotatable bonds is 6. The van der Waals surface area contributed by atoms with Crippen molar-refractivity contribution in [1.29, 1.82) is 0 Å². The van der Waals surface area contributed by atoms with Gasteiger partial charge in [0, 0.05) is 19.6 Å². The second kappa shape index (κ2) is 6.40. The third-order valence-electron chi connectivity index (χ3n) is 4.07. The van der Waals surface area contributed by atoms with Gasteiger partial charge < -0.3 is 10.1 Å². The molecule has 1 saturated heterocycles. The molecule has 3 nitrogen and oxygen atoms in total. The molecule has 1 aliphatic rings. The molecule has 1 unspecified atom stereocenters. The van der Waals surface area contributed by atoms with Crippen LogP contribution >= 0.6 is 0 Å². The lowest BCUT2D eigenvalue weighted by molar-refractivity contribution is 0.178. The lowest BCUT2D eigenvalue weighted by Crippen LogP contribution is -2.37. The molecule has 0 aromatic heterocycles. The van der Waals surface area contributed by atoms with E-state index in [1.807, 2.05) is 12.1 Å². The molecule has 1 aromatic rings. The molecule has 1 aromatic carbocycles. The Hall–Kier alpha value is -1.06. The van der Waals surface area contributed by atoms with Crippen molar-refractivity contribution in [1.82, 2.24) is 10.2 Å². The van der Waals surface area contributed by atoms with E-state index >= 15 is 0 Å². The minimum absolute atomic E-state index is 0.433. The first-order chi connectivity index (χ1) is 9.15. The number of methoxy groups -OCH3 is 1. The number of nitrogens with one attached hydrogen (secondary N) is 1. The SMILES string of the molecule is CCN(Cc1ccc(OC)cc1)CC1(C)CCNC1. The van der Waals surface area contributed by atoms with E-state index in [1.54, 1.807) is 7.11 Å². The second-order valence-corrected chi connectivity index (χ2v) is 5.89. The maximum Gasteiger partial charge on any atom is 0.118 e. The van der Waals surface area contributed by atoms with Crippen LogP contribution in [0.15, 0.2) is 24.3 Å². The van der Waals surface area contributed by atoms with Gasteiger partial charge >= 0.3 is 0 Å². The largest absolute Gasteiger partial charge is 0.497 e. The summed E-state index contributed by atoms with van der Waals surface area (Å²) in [4.78, 5) is 2.54. The average Bonchev–Trinajstić information content (AvgIpc) is 2.85. The lowest BCUT2D eigenvalue weighted by atomic mass is 9.89. The maximum atomic E-state index is 5.20. The highest BCUT2D eigenvalue weighted by Gasteiger charge is 2.30. The molecular formula is C16H26N2O. The fraction of sp³-hybridized carbons (Fsp3) is 0.625. The van der Waals surface area contributed by atoms with Crippen LogP contribution in [-0.4, -0.2) is 38.2 Å². The molecule has 1 atom stereocenters. The fourth-order valence-electron chi connectivity index (χ4n) is 2.81. The summed E-state index contributed by atoms with van der Waals surface area (Å²) in [5, 5.41) is 3.48. The Morgan fingerprint density at radius 1 is 1.32 bits per heavy atom. The summed E-state index contributed by atoms with van der Waals surface area (Å²) < 4.78 is 5.20. The molecule has 1 N–H and O–H groups in total. The highest BCUT2D eigenvalue weighted by Crippen LogP contribution is 2.26. The normalized spacial score (nSPS) is 22.9.